The first-order chi connectivity index (χ1) is 9.49. The zero-order chi connectivity index (χ0) is 14.7. The molecule has 0 aromatic carbocycles. The van der Waals surface area contributed by atoms with Crippen molar-refractivity contribution in [1.29, 1.82) is 0 Å². The van der Waals surface area contributed by atoms with Crippen LogP contribution in [0.3, 0.4) is 0 Å². The van der Waals surface area contributed by atoms with Crippen molar-refractivity contribution < 1.29 is 4.79 Å². The third kappa shape index (κ3) is 3.09. The lowest BCUT2D eigenvalue weighted by atomic mass is 10.2. The van der Waals surface area contributed by atoms with Crippen molar-refractivity contribution >= 4 is 11.7 Å². The molecular weight excluding hydrogens is 256 g/mol. The molecular formula is C14H16N4O2. The first-order valence-corrected chi connectivity index (χ1v) is 6.35. The van der Waals surface area contributed by atoms with Crippen molar-refractivity contribution in [2.45, 2.75) is 27.2 Å². The molecule has 104 valence electrons. The molecule has 2 rings (SSSR count). The van der Waals surface area contributed by atoms with Crippen LogP contribution in [0.2, 0.25) is 0 Å². The van der Waals surface area contributed by atoms with Gasteiger partial charge in [-0.15, -0.1) is 0 Å². The summed E-state index contributed by atoms with van der Waals surface area (Å²) in [4.78, 5) is 35.0. The molecule has 0 bridgehead atoms. The zero-order valence-electron chi connectivity index (χ0n) is 11.7. The number of rotatable bonds is 3. The predicted molar refractivity (Wildman–Crippen MR) is 75.9 cm³/mol. The lowest BCUT2D eigenvalue weighted by Gasteiger charge is -2.06. The van der Waals surface area contributed by atoms with Gasteiger partial charge in [-0.05, 0) is 20.3 Å². The number of carbonyl (C=O) groups is 1. The third-order valence-corrected chi connectivity index (χ3v) is 2.80. The highest BCUT2D eigenvalue weighted by molar-refractivity contribution is 6.03. The quantitative estimate of drug-likeness (QED) is 0.888. The fourth-order valence-electron chi connectivity index (χ4n) is 1.81. The molecule has 2 aromatic heterocycles. The first kappa shape index (κ1) is 13.9. The van der Waals surface area contributed by atoms with Crippen LogP contribution in [0.15, 0.2) is 23.1 Å². The van der Waals surface area contributed by atoms with E-state index in [-0.39, 0.29) is 11.0 Å². The van der Waals surface area contributed by atoms with Crippen molar-refractivity contribution in [2.75, 3.05) is 5.32 Å². The maximum Gasteiger partial charge on any atom is 0.262 e. The monoisotopic (exact) mass is 272 g/mol. The SMILES string of the molecule is CCc1cc(NC(=O)c2c[nH]c(C)cc2=O)nc(C)n1. The summed E-state index contributed by atoms with van der Waals surface area (Å²) in [5.74, 6) is 0.503. The Hall–Kier alpha value is -2.50. The number of nitrogens with zero attached hydrogens (tertiary/aromatic N) is 2. The van der Waals surface area contributed by atoms with E-state index in [2.05, 4.69) is 20.3 Å². The second-order valence-corrected chi connectivity index (χ2v) is 4.49. The third-order valence-electron chi connectivity index (χ3n) is 2.80. The molecule has 2 N–H and O–H groups in total. The van der Waals surface area contributed by atoms with E-state index in [0.717, 1.165) is 12.1 Å². The van der Waals surface area contributed by atoms with Gasteiger partial charge in [-0.1, -0.05) is 6.92 Å². The molecule has 20 heavy (non-hydrogen) atoms. The Morgan fingerprint density at radius 1 is 1.30 bits per heavy atom. The van der Waals surface area contributed by atoms with Crippen LogP contribution in [0.1, 0.15) is 34.5 Å². The Morgan fingerprint density at radius 3 is 2.70 bits per heavy atom. The van der Waals surface area contributed by atoms with Crippen molar-refractivity contribution in [3.05, 3.63) is 51.3 Å². The minimum Gasteiger partial charge on any atom is -0.364 e. The number of H-pyrrole nitrogens is 1. The highest BCUT2D eigenvalue weighted by Crippen LogP contribution is 2.08. The minimum absolute atomic E-state index is 0.0601. The summed E-state index contributed by atoms with van der Waals surface area (Å²) in [5.41, 5.74) is 1.29. The van der Waals surface area contributed by atoms with Gasteiger partial charge >= 0.3 is 0 Å². The summed E-state index contributed by atoms with van der Waals surface area (Å²) in [6.45, 7) is 5.48. The van der Waals surface area contributed by atoms with Gasteiger partial charge in [0.05, 0.1) is 0 Å². The van der Waals surface area contributed by atoms with E-state index < -0.39 is 5.91 Å². The number of hydrogen-bond donors (Lipinski definition) is 2. The smallest absolute Gasteiger partial charge is 0.262 e. The van der Waals surface area contributed by atoms with E-state index in [0.29, 0.717) is 17.3 Å². The molecule has 0 aliphatic rings. The zero-order valence-corrected chi connectivity index (χ0v) is 11.7. The normalized spacial score (nSPS) is 10.3. The van der Waals surface area contributed by atoms with Gasteiger partial charge in [0.15, 0.2) is 5.43 Å². The summed E-state index contributed by atoms with van der Waals surface area (Å²) >= 11 is 0. The fourth-order valence-corrected chi connectivity index (χ4v) is 1.81. The number of hydrogen-bond acceptors (Lipinski definition) is 4. The number of nitrogens with one attached hydrogen (secondary N) is 2. The van der Waals surface area contributed by atoms with Crippen LogP contribution in [-0.4, -0.2) is 20.9 Å². The molecule has 0 radical (unpaired) electrons. The Labute approximate surface area is 116 Å². The largest absolute Gasteiger partial charge is 0.364 e. The number of amides is 1. The van der Waals surface area contributed by atoms with Crippen molar-refractivity contribution in [3.8, 4) is 0 Å². The summed E-state index contributed by atoms with van der Waals surface area (Å²) in [6.07, 6.45) is 2.15. The molecule has 0 atom stereocenters. The highest BCUT2D eigenvalue weighted by Gasteiger charge is 2.12. The van der Waals surface area contributed by atoms with E-state index in [4.69, 9.17) is 0 Å². The van der Waals surface area contributed by atoms with Crippen LogP contribution in [0.25, 0.3) is 0 Å². The van der Waals surface area contributed by atoms with Crippen LogP contribution in [0.5, 0.6) is 0 Å². The van der Waals surface area contributed by atoms with Gasteiger partial charge < -0.3 is 10.3 Å². The second-order valence-electron chi connectivity index (χ2n) is 4.49. The van der Waals surface area contributed by atoms with Gasteiger partial charge in [-0.25, -0.2) is 9.97 Å². The van der Waals surface area contributed by atoms with Gasteiger partial charge in [0, 0.05) is 29.7 Å². The maximum absolute atomic E-state index is 12.1. The molecule has 0 saturated carbocycles. The van der Waals surface area contributed by atoms with Crippen LogP contribution in [-0.2, 0) is 6.42 Å². The average Bonchev–Trinajstić information content (AvgIpc) is 2.37. The van der Waals surface area contributed by atoms with E-state index in [1.807, 2.05) is 6.92 Å². The van der Waals surface area contributed by atoms with E-state index in [1.165, 1.54) is 12.3 Å². The highest BCUT2D eigenvalue weighted by atomic mass is 16.2. The van der Waals surface area contributed by atoms with Gasteiger partial charge in [-0.2, -0.15) is 0 Å². The average molecular weight is 272 g/mol. The summed E-state index contributed by atoms with van der Waals surface area (Å²) < 4.78 is 0. The second kappa shape index (κ2) is 5.64. The minimum atomic E-state index is -0.480. The standard InChI is InChI=1S/C14H16N4O2/c1-4-10-6-13(17-9(3)16-10)18-14(20)11-7-15-8(2)5-12(11)19/h5-7H,4H2,1-3H3,(H,15,19)(H,16,17,18,20). The van der Waals surface area contributed by atoms with Crippen LogP contribution in [0, 0.1) is 13.8 Å². The first-order valence-electron chi connectivity index (χ1n) is 6.35. The Morgan fingerprint density at radius 2 is 2.05 bits per heavy atom. The molecule has 0 spiro atoms. The van der Waals surface area contributed by atoms with Crippen LogP contribution >= 0.6 is 0 Å². The maximum atomic E-state index is 12.1. The number of aryl methyl sites for hydroxylation is 3. The molecule has 0 aliphatic heterocycles. The van der Waals surface area contributed by atoms with Gasteiger partial charge in [0.25, 0.3) is 5.91 Å². The molecule has 0 aliphatic carbocycles. The Balaban J connectivity index is 2.27. The molecule has 1 amide bonds. The lowest BCUT2D eigenvalue weighted by molar-refractivity contribution is 0.102. The van der Waals surface area contributed by atoms with Crippen LogP contribution < -0.4 is 10.7 Å². The van der Waals surface area contributed by atoms with Gasteiger partial charge in [-0.3, -0.25) is 9.59 Å². The summed E-state index contributed by atoms with van der Waals surface area (Å²) in [7, 11) is 0. The molecule has 6 heteroatoms. The molecule has 6 nitrogen and oxygen atoms in total. The Bertz CT molecular complexity index is 707. The van der Waals surface area contributed by atoms with Crippen molar-refractivity contribution in [1.82, 2.24) is 15.0 Å². The van der Waals surface area contributed by atoms with Gasteiger partial charge in [0.2, 0.25) is 0 Å². The molecule has 0 saturated heterocycles. The number of anilines is 1. The topological polar surface area (TPSA) is 87.7 Å². The van der Waals surface area contributed by atoms with Crippen molar-refractivity contribution in [2.24, 2.45) is 0 Å². The molecule has 2 heterocycles. The van der Waals surface area contributed by atoms with E-state index in [1.54, 1.807) is 19.9 Å². The predicted octanol–water partition coefficient (Wildman–Crippen LogP) is 1.60. The molecule has 0 fully saturated rings. The lowest BCUT2D eigenvalue weighted by Crippen LogP contribution is -2.22. The van der Waals surface area contributed by atoms with E-state index >= 15 is 0 Å². The number of aromatic nitrogens is 3. The van der Waals surface area contributed by atoms with E-state index in [9.17, 15) is 9.59 Å². The number of pyridine rings is 1. The Kier molecular flexibility index (Phi) is 3.93. The summed E-state index contributed by atoms with van der Waals surface area (Å²) in [6, 6.07) is 3.09. The van der Waals surface area contributed by atoms with Crippen LogP contribution in [0.4, 0.5) is 5.82 Å². The number of carbonyl (C=O) groups excluding carboxylic acids is 1. The fraction of sp³-hybridized carbons (Fsp3) is 0.286. The number of aromatic amines is 1. The van der Waals surface area contributed by atoms with Gasteiger partial charge in [0.1, 0.15) is 17.2 Å². The van der Waals surface area contributed by atoms with Crippen molar-refractivity contribution in [3.63, 3.8) is 0 Å². The molecule has 2 aromatic rings. The molecule has 0 unspecified atom stereocenters. The summed E-state index contributed by atoms with van der Waals surface area (Å²) in [5, 5.41) is 2.62.